The zero-order valence-corrected chi connectivity index (χ0v) is 13.3. The van der Waals surface area contributed by atoms with Gasteiger partial charge in [0.05, 0.1) is 0 Å². The van der Waals surface area contributed by atoms with E-state index >= 15 is 0 Å². The maximum Gasteiger partial charge on any atom is 1.00 e. The van der Waals surface area contributed by atoms with Crippen molar-refractivity contribution in [1.82, 2.24) is 5.32 Å². The van der Waals surface area contributed by atoms with E-state index in [4.69, 9.17) is 4.74 Å². The van der Waals surface area contributed by atoms with Crippen LogP contribution in [0, 0.1) is 13.0 Å². The Hall–Kier alpha value is -0.657. The summed E-state index contributed by atoms with van der Waals surface area (Å²) in [4.78, 5) is 0. The molecule has 2 heterocycles. The predicted octanol–water partition coefficient (Wildman–Crippen LogP) is 3.10. The second-order valence-electron chi connectivity index (χ2n) is 5.48. The van der Waals surface area contributed by atoms with Crippen LogP contribution in [0.5, 0.6) is 5.75 Å². The Labute approximate surface area is 128 Å². The van der Waals surface area contributed by atoms with Gasteiger partial charge in [0.25, 0.3) is 0 Å². The third-order valence-electron chi connectivity index (χ3n) is 3.92. The smallest absolute Gasteiger partial charge is 0.528 e. The van der Waals surface area contributed by atoms with E-state index in [0.717, 1.165) is 37.2 Å². The topological polar surface area (TPSA) is 21.3 Å². The first-order chi connectivity index (χ1) is 8.69. The van der Waals surface area contributed by atoms with Gasteiger partial charge in [0.2, 0.25) is 0 Å². The molecule has 1 aromatic carbocycles. The number of allylic oxidation sites excluding steroid dienone is 1. The number of fused-ring (bicyclic) bond motifs is 1. The van der Waals surface area contributed by atoms with E-state index in [1.54, 1.807) is 0 Å². The molecule has 1 N–H and O–H groups in total. The molecule has 2 nitrogen and oxygen atoms in total. The van der Waals surface area contributed by atoms with Crippen LogP contribution in [0.25, 0.3) is 5.57 Å². The third kappa shape index (κ3) is 2.93. The van der Waals surface area contributed by atoms with Crippen molar-refractivity contribution < 1.29 is 24.2 Å². The van der Waals surface area contributed by atoms with Gasteiger partial charge in [-0.15, -0.1) is 34.9 Å². The summed E-state index contributed by atoms with van der Waals surface area (Å²) >= 11 is 0. The van der Waals surface area contributed by atoms with Crippen LogP contribution in [0.4, 0.5) is 0 Å². The molecule has 1 saturated heterocycles. The summed E-state index contributed by atoms with van der Waals surface area (Å²) in [5.41, 5.74) is 3.52. The number of hydrogen-bond acceptors (Lipinski definition) is 2. The minimum atomic E-state index is -0.0936. The fourth-order valence-electron chi connectivity index (χ4n) is 2.99. The van der Waals surface area contributed by atoms with Crippen LogP contribution < -0.4 is 10.1 Å². The number of ether oxygens (including phenoxy) is 1. The molecular formula is C16H20NORu. The fourth-order valence-corrected chi connectivity index (χ4v) is 2.99. The van der Waals surface area contributed by atoms with Gasteiger partial charge in [-0.2, -0.15) is 0 Å². The minimum absolute atomic E-state index is 0. The SMILES string of the molecule is CC1=CC2(CCCNCC2)Oc2ccc(C)[c-]c21.[Ru+]. The quantitative estimate of drug-likeness (QED) is 0.577. The van der Waals surface area contributed by atoms with Crippen LogP contribution in [0.15, 0.2) is 18.2 Å². The standard InChI is InChI=1S/C16H20NO.Ru/c1-12-4-5-15-14(10-12)13(2)11-16(18-15)6-3-8-17-9-7-16;/h4-5,11,17H,3,6-9H2,1-2H3;/q-1;+1. The van der Waals surface area contributed by atoms with Crippen molar-refractivity contribution >= 4 is 5.57 Å². The molecule has 1 atom stereocenters. The summed E-state index contributed by atoms with van der Waals surface area (Å²) < 4.78 is 6.32. The molecule has 2 aliphatic rings. The van der Waals surface area contributed by atoms with Crippen LogP contribution >= 0.6 is 0 Å². The van der Waals surface area contributed by atoms with Crippen molar-refractivity contribution in [3.63, 3.8) is 0 Å². The van der Waals surface area contributed by atoms with Gasteiger partial charge >= 0.3 is 19.5 Å². The van der Waals surface area contributed by atoms with Crippen LogP contribution in [-0.2, 0) is 19.5 Å². The van der Waals surface area contributed by atoms with Gasteiger partial charge in [0.1, 0.15) is 5.60 Å². The number of nitrogens with one attached hydrogen (secondary N) is 1. The van der Waals surface area contributed by atoms with Gasteiger partial charge in [-0.3, -0.25) is 0 Å². The van der Waals surface area contributed by atoms with E-state index in [0.29, 0.717) is 0 Å². The zero-order valence-electron chi connectivity index (χ0n) is 11.5. The Balaban J connectivity index is 0.00000133. The van der Waals surface area contributed by atoms with E-state index in [2.05, 4.69) is 43.4 Å². The van der Waals surface area contributed by atoms with Gasteiger partial charge in [-0.05, 0) is 25.9 Å². The molecule has 3 heteroatoms. The molecule has 0 bridgehead atoms. The second kappa shape index (κ2) is 5.77. The largest absolute Gasteiger partial charge is 1.00 e. The van der Waals surface area contributed by atoms with Crippen molar-refractivity contribution in [2.45, 2.75) is 38.7 Å². The predicted molar refractivity (Wildman–Crippen MR) is 73.7 cm³/mol. The van der Waals surface area contributed by atoms with Crippen LogP contribution in [-0.4, -0.2) is 18.7 Å². The molecule has 1 fully saturated rings. The number of hydrogen-bond donors (Lipinski definition) is 1. The summed E-state index contributed by atoms with van der Waals surface area (Å²) in [6.07, 6.45) is 5.65. The Morgan fingerprint density at radius 2 is 2.05 bits per heavy atom. The maximum atomic E-state index is 6.32. The molecule has 19 heavy (non-hydrogen) atoms. The Kier molecular flexibility index (Phi) is 4.48. The van der Waals surface area contributed by atoms with E-state index in [9.17, 15) is 0 Å². The number of rotatable bonds is 0. The maximum absolute atomic E-state index is 6.32. The summed E-state index contributed by atoms with van der Waals surface area (Å²) in [6.45, 7) is 6.39. The Morgan fingerprint density at radius 1 is 1.21 bits per heavy atom. The summed E-state index contributed by atoms with van der Waals surface area (Å²) in [7, 11) is 0. The first kappa shape index (κ1) is 14.7. The van der Waals surface area contributed by atoms with Gasteiger partial charge < -0.3 is 10.1 Å². The molecule has 3 rings (SSSR count). The molecule has 1 unspecified atom stereocenters. The first-order valence-electron chi connectivity index (χ1n) is 6.81. The Bertz CT molecular complexity index is 488. The number of aryl methyl sites for hydroxylation is 1. The molecule has 1 radical (unpaired) electrons. The normalized spacial score (nSPS) is 25.7. The molecular weight excluding hydrogens is 323 g/mol. The van der Waals surface area contributed by atoms with Crippen LogP contribution in [0.1, 0.15) is 37.3 Å². The molecule has 0 aliphatic carbocycles. The van der Waals surface area contributed by atoms with Crippen molar-refractivity contribution in [2.75, 3.05) is 13.1 Å². The van der Waals surface area contributed by atoms with E-state index in [-0.39, 0.29) is 25.1 Å². The van der Waals surface area contributed by atoms with E-state index in [1.807, 2.05) is 0 Å². The fraction of sp³-hybridized carbons (Fsp3) is 0.500. The van der Waals surface area contributed by atoms with Crippen molar-refractivity contribution in [1.29, 1.82) is 0 Å². The van der Waals surface area contributed by atoms with E-state index in [1.165, 1.54) is 17.6 Å². The summed E-state index contributed by atoms with van der Waals surface area (Å²) in [5, 5.41) is 3.45. The van der Waals surface area contributed by atoms with Gasteiger partial charge in [0.15, 0.2) is 0 Å². The Morgan fingerprint density at radius 3 is 2.89 bits per heavy atom. The average molecular weight is 343 g/mol. The number of benzene rings is 1. The van der Waals surface area contributed by atoms with Gasteiger partial charge in [-0.1, -0.05) is 19.9 Å². The van der Waals surface area contributed by atoms with Crippen molar-refractivity contribution in [3.8, 4) is 5.75 Å². The summed E-state index contributed by atoms with van der Waals surface area (Å²) in [6, 6.07) is 7.58. The second-order valence-corrected chi connectivity index (χ2v) is 5.48. The molecule has 0 amide bonds. The zero-order chi connectivity index (χ0) is 12.6. The monoisotopic (exact) mass is 344 g/mol. The van der Waals surface area contributed by atoms with Crippen LogP contribution in [0.3, 0.4) is 0 Å². The molecule has 0 aromatic heterocycles. The molecule has 2 aliphatic heterocycles. The average Bonchev–Trinajstić information content (AvgIpc) is 2.56. The van der Waals surface area contributed by atoms with Crippen LogP contribution in [0.2, 0.25) is 0 Å². The minimum Gasteiger partial charge on any atom is -0.528 e. The molecule has 0 saturated carbocycles. The van der Waals surface area contributed by atoms with E-state index < -0.39 is 0 Å². The first-order valence-corrected chi connectivity index (χ1v) is 6.81. The molecule has 103 valence electrons. The molecule has 1 aromatic rings. The van der Waals surface area contributed by atoms with Crippen molar-refractivity contribution in [2.24, 2.45) is 0 Å². The van der Waals surface area contributed by atoms with Crippen molar-refractivity contribution in [3.05, 3.63) is 35.4 Å². The molecule has 1 spiro atoms. The van der Waals surface area contributed by atoms with Gasteiger partial charge in [0, 0.05) is 12.2 Å². The summed E-state index contributed by atoms with van der Waals surface area (Å²) in [5.74, 6) is 1.00. The van der Waals surface area contributed by atoms with Gasteiger partial charge in [-0.25, -0.2) is 0 Å². The third-order valence-corrected chi connectivity index (χ3v) is 3.92.